The Balaban J connectivity index is 1.89. The zero-order chi connectivity index (χ0) is 26.5. The van der Waals surface area contributed by atoms with Gasteiger partial charge in [-0.05, 0) is 68.1 Å². The van der Waals surface area contributed by atoms with E-state index in [1.54, 1.807) is 51.3 Å². The second kappa shape index (κ2) is 12.0. The van der Waals surface area contributed by atoms with Gasteiger partial charge in [-0.15, -0.1) is 0 Å². The fourth-order valence-electron chi connectivity index (χ4n) is 4.40. The van der Waals surface area contributed by atoms with Gasteiger partial charge in [0.25, 0.3) is 0 Å². The van der Waals surface area contributed by atoms with E-state index in [0.29, 0.717) is 22.0 Å². The van der Waals surface area contributed by atoms with Gasteiger partial charge in [0.1, 0.15) is 18.3 Å². The molecule has 1 fully saturated rings. The lowest BCUT2D eigenvalue weighted by atomic mass is 10.1. The predicted octanol–water partition coefficient (Wildman–Crippen LogP) is 3.90. The predicted molar refractivity (Wildman–Crippen MR) is 142 cm³/mol. The fraction of sp³-hybridized carbons (Fsp3) is 0.462. The summed E-state index contributed by atoms with van der Waals surface area (Å²) in [6.45, 7) is 3.10. The summed E-state index contributed by atoms with van der Waals surface area (Å²) in [5.41, 5.74) is 1.77. The van der Waals surface area contributed by atoms with Gasteiger partial charge in [-0.3, -0.25) is 13.9 Å². The summed E-state index contributed by atoms with van der Waals surface area (Å²) in [5.74, 6) is -0.0675. The van der Waals surface area contributed by atoms with E-state index in [9.17, 15) is 18.0 Å². The van der Waals surface area contributed by atoms with Crippen molar-refractivity contribution in [2.24, 2.45) is 0 Å². The molecule has 8 nitrogen and oxygen atoms in total. The number of nitrogens with zero attached hydrogens (tertiary/aromatic N) is 2. The largest absolute Gasteiger partial charge is 0.497 e. The van der Waals surface area contributed by atoms with Crippen LogP contribution in [0.2, 0.25) is 5.02 Å². The van der Waals surface area contributed by atoms with Crippen LogP contribution >= 0.6 is 11.6 Å². The molecule has 1 aliphatic carbocycles. The fourth-order valence-corrected chi connectivity index (χ4v) is 5.53. The van der Waals surface area contributed by atoms with Gasteiger partial charge in [-0.1, -0.05) is 36.6 Å². The van der Waals surface area contributed by atoms with E-state index in [-0.39, 0.29) is 18.5 Å². The molecule has 1 saturated carbocycles. The third-order valence-corrected chi connectivity index (χ3v) is 7.85. The molecule has 0 spiro atoms. The Morgan fingerprint density at radius 1 is 1.14 bits per heavy atom. The van der Waals surface area contributed by atoms with E-state index in [1.807, 2.05) is 12.1 Å². The second-order valence-electron chi connectivity index (χ2n) is 9.24. The van der Waals surface area contributed by atoms with Crippen molar-refractivity contribution in [1.82, 2.24) is 10.2 Å². The number of hydrogen-bond donors (Lipinski definition) is 1. The van der Waals surface area contributed by atoms with Gasteiger partial charge in [0.05, 0.1) is 19.1 Å². The number of sulfonamides is 1. The van der Waals surface area contributed by atoms with Crippen molar-refractivity contribution in [3.8, 4) is 5.75 Å². The molecule has 0 heterocycles. The highest BCUT2D eigenvalue weighted by molar-refractivity contribution is 7.92. The van der Waals surface area contributed by atoms with Crippen LogP contribution in [0.4, 0.5) is 5.69 Å². The zero-order valence-corrected chi connectivity index (χ0v) is 22.7. The lowest BCUT2D eigenvalue weighted by molar-refractivity contribution is -0.139. The molecule has 1 N–H and O–H groups in total. The number of rotatable bonds is 10. The monoisotopic (exact) mass is 535 g/mol. The standard InChI is InChI=1S/C26H34ClN3O5S/c1-18-15-21(27)11-14-24(18)30(36(4,33)34)17-25(31)29(16-20-9-12-23(35-3)13-10-20)19(2)26(32)28-22-7-5-6-8-22/h9-15,19,22H,5-8,16-17H2,1-4H3,(H,28,32). The third kappa shape index (κ3) is 7.13. The van der Waals surface area contributed by atoms with E-state index in [0.717, 1.165) is 41.8 Å². The van der Waals surface area contributed by atoms with Crippen molar-refractivity contribution in [2.75, 3.05) is 24.2 Å². The van der Waals surface area contributed by atoms with E-state index in [2.05, 4.69) is 5.32 Å². The Labute approximate surface area is 218 Å². The summed E-state index contributed by atoms with van der Waals surface area (Å²) in [4.78, 5) is 28.2. The van der Waals surface area contributed by atoms with E-state index in [4.69, 9.17) is 16.3 Å². The number of hydrogen-bond acceptors (Lipinski definition) is 5. The van der Waals surface area contributed by atoms with Gasteiger partial charge in [0.2, 0.25) is 21.8 Å². The molecule has 1 aliphatic rings. The first kappa shape index (κ1) is 27.8. The molecule has 3 rings (SSSR count). The second-order valence-corrected chi connectivity index (χ2v) is 11.6. The summed E-state index contributed by atoms with van der Waals surface area (Å²) in [5, 5.41) is 3.52. The molecule has 36 heavy (non-hydrogen) atoms. The highest BCUT2D eigenvalue weighted by Gasteiger charge is 2.31. The quantitative estimate of drug-likeness (QED) is 0.498. The molecule has 0 aliphatic heterocycles. The first-order valence-electron chi connectivity index (χ1n) is 12.0. The maximum atomic E-state index is 13.7. The number of carbonyl (C=O) groups excluding carboxylic acids is 2. The Morgan fingerprint density at radius 3 is 2.33 bits per heavy atom. The van der Waals surface area contributed by atoms with Crippen molar-refractivity contribution in [3.05, 3.63) is 58.6 Å². The average Bonchev–Trinajstić information content (AvgIpc) is 3.33. The minimum absolute atomic E-state index is 0.0992. The minimum atomic E-state index is -3.80. The van der Waals surface area contributed by atoms with Gasteiger partial charge in [-0.2, -0.15) is 0 Å². The van der Waals surface area contributed by atoms with Crippen molar-refractivity contribution in [2.45, 2.75) is 58.2 Å². The molecule has 0 aromatic heterocycles. The van der Waals surface area contributed by atoms with Crippen LogP contribution < -0.4 is 14.4 Å². The average molecular weight is 536 g/mol. The number of aryl methyl sites for hydroxylation is 1. The Kier molecular flexibility index (Phi) is 9.24. The van der Waals surface area contributed by atoms with Crippen LogP contribution in [0.15, 0.2) is 42.5 Å². The number of ether oxygens (including phenoxy) is 1. The normalized spacial score (nSPS) is 14.8. The van der Waals surface area contributed by atoms with Crippen LogP contribution in [0.3, 0.4) is 0 Å². The summed E-state index contributed by atoms with van der Waals surface area (Å²) in [6, 6.07) is 11.3. The number of carbonyl (C=O) groups is 2. The van der Waals surface area contributed by atoms with Crippen LogP contribution in [0.5, 0.6) is 5.75 Å². The molecular weight excluding hydrogens is 502 g/mol. The lowest BCUT2D eigenvalue weighted by Gasteiger charge is -2.32. The van der Waals surface area contributed by atoms with Gasteiger partial charge < -0.3 is 15.0 Å². The third-order valence-electron chi connectivity index (χ3n) is 6.49. The van der Waals surface area contributed by atoms with Gasteiger partial charge in [0, 0.05) is 17.6 Å². The molecule has 0 bridgehead atoms. The number of amides is 2. The smallest absolute Gasteiger partial charge is 0.244 e. The molecule has 196 valence electrons. The number of anilines is 1. The Bertz CT molecular complexity index is 1180. The lowest BCUT2D eigenvalue weighted by Crippen LogP contribution is -2.52. The molecule has 2 aromatic carbocycles. The minimum Gasteiger partial charge on any atom is -0.497 e. The maximum absolute atomic E-state index is 13.7. The van der Waals surface area contributed by atoms with Crippen molar-refractivity contribution in [1.29, 1.82) is 0 Å². The Morgan fingerprint density at radius 2 is 1.78 bits per heavy atom. The van der Waals surface area contributed by atoms with Gasteiger partial charge in [0.15, 0.2) is 0 Å². The highest BCUT2D eigenvalue weighted by Crippen LogP contribution is 2.26. The van der Waals surface area contributed by atoms with Crippen LogP contribution in [0.1, 0.15) is 43.7 Å². The molecule has 1 unspecified atom stereocenters. The molecular formula is C26H34ClN3O5S. The van der Waals surface area contributed by atoms with E-state index in [1.165, 1.54) is 4.90 Å². The first-order valence-corrected chi connectivity index (χ1v) is 14.2. The SMILES string of the molecule is COc1ccc(CN(C(=O)CN(c2ccc(Cl)cc2C)S(C)(=O)=O)C(C)C(=O)NC2CCCC2)cc1. The summed E-state index contributed by atoms with van der Waals surface area (Å²) in [7, 11) is -2.23. The van der Waals surface area contributed by atoms with Crippen LogP contribution in [0, 0.1) is 6.92 Å². The van der Waals surface area contributed by atoms with Crippen molar-refractivity contribution < 1.29 is 22.7 Å². The van der Waals surface area contributed by atoms with Crippen LogP contribution in [-0.2, 0) is 26.2 Å². The van der Waals surface area contributed by atoms with E-state index < -0.39 is 28.5 Å². The molecule has 10 heteroatoms. The van der Waals surface area contributed by atoms with E-state index >= 15 is 0 Å². The van der Waals surface area contributed by atoms with Crippen LogP contribution in [0.25, 0.3) is 0 Å². The Hall–Kier alpha value is -2.78. The molecule has 2 aromatic rings. The molecule has 0 saturated heterocycles. The summed E-state index contributed by atoms with van der Waals surface area (Å²) >= 11 is 6.05. The number of halogens is 1. The summed E-state index contributed by atoms with van der Waals surface area (Å²) in [6.07, 6.45) is 5.03. The molecule has 2 amide bonds. The number of benzene rings is 2. The summed E-state index contributed by atoms with van der Waals surface area (Å²) < 4.78 is 31.7. The van der Waals surface area contributed by atoms with Gasteiger partial charge >= 0.3 is 0 Å². The van der Waals surface area contributed by atoms with Crippen LogP contribution in [-0.4, -0.2) is 57.1 Å². The van der Waals surface area contributed by atoms with Crippen molar-refractivity contribution in [3.63, 3.8) is 0 Å². The first-order chi connectivity index (χ1) is 17.0. The maximum Gasteiger partial charge on any atom is 0.244 e. The highest BCUT2D eigenvalue weighted by atomic mass is 35.5. The molecule has 1 atom stereocenters. The topological polar surface area (TPSA) is 96.0 Å². The number of nitrogens with one attached hydrogen (secondary N) is 1. The number of methoxy groups -OCH3 is 1. The molecule has 0 radical (unpaired) electrons. The van der Waals surface area contributed by atoms with Crippen molar-refractivity contribution >= 4 is 39.1 Å². The van der Waals surface area contributed by atoms with Gasteiger partial charge in [-0.25, -0.2) is 8.42 Å². The zero-order valence-electron chi connectivity index (χ0n) is 21.2.